The van der Waals surface area contributed by atoms with Crippen LogP contribution in [-0.2, 0) is 0 Å². The number of carbonyl (C=O) groups excluding carboxylic acids is 3. The minimum absolute atomic E-state index is 0.283. The second-order valence-corrected chi connectivity index (χ2v) is 7.66. The van der Waals surface area contributed by atoms with Crippen molar-refractivity contribution in [3.05, 3.63) is 53.1 Å². The van der Waals surface area contributed by atoms with E-state index in [4.69, 9.17) is 4.74 Å². The molecule has 1 aliphatic rings. The number of carbonyl (C=O) groups is 3. The van der Waals surface area contributed by atoms with E-state index < -0.39 is 11.6 Å². The van der Waals surface area contributed by atoms with Gasteiger partial charge in [-0.3, -0.25) is 14.5 Å². The van der Waals surface area contributed by atoms with Crippen LogP contribution in [0.15, 0.2) is 36.4 Å². The minimum atomic E-state index is -0.625. The summed E-state index contributed by atoms with van der Waals surface area (Å²) in [6.07, 6.45) is 0. The van der Waals surface area contributed by atoms with Gasteiger partial charge in [0.2, 0.25) is 0 Å². The first-order valence-electron chi connectivity index (χ1n) is 8.87. The van der Waals surface area contributed by atoms with E-state index in [0.717, 1.165) is 5.56 Å². The van der Waals surface area contributed by atoms with Gasteiger partial charge < -0.3 is 15.4 Å². The fraction of sp³-hybridized carbons (Fsp3) is 0.286. The molecule has 0 aliphatic carbocycles. The number of benzene rings is 2. The summed E-state index contributed by atoms with van der Waals surface area (Å²) >= 11 is 0. The van der Waals surface area contributed by atoms with Crippen molar-refractivity contribution in [2.24, 2.45) is 0 Å². The van der Waals surface area contributed by atoms with Crippen LogP contribution in [0.3, 0.4) is 0 Å². The number of rotatable bonds is 3. The highest BCUT2D eigenvalue weighted by atomic mass is 16.5. The van der Waals surface area contributed by atoms with Crippen molar-refractivity contribution in [2.45, 2.75) is 33.2 Å². The highest BCUT2D eigenvalue weighted by Gasteiger charge is 2.41. The highest BCUT2D eigenvalue weighted by molar-refractivity contribution is 6.22. The molecule has 2 N–H and O–H groups in total. The first-order valence-corrected chi connectivity index (χ1v) is 8.87. The van der Waals surface area contributed by atoms with Gasteiger partial charge >= 0.3 is 6.03 Å². The monoisotopic (exact) mass is 381 g/mol. The van der Waals surface area contributed by atoms with E-state index in [-0.39, 0.29) is 17.4 Å². The fourth-order valence-corrected chi connectivity index (χ4v) is 3.13. The summed E-state index contributed by atoms with van der Waals surface area (Å²) in [4.78, 5) is 38.8. The molecule has 28 heavy (non-hydrogen) atoms. The number of nitrogens with zero attached hydrogens (tertiary/aromatic N) is 1. The topological polar surface area (TPSA) is 87.7 Å². The maximum atomic E-state index is 12.7. The summed E-state index contributed by atoms with van der Waals surface area (Å²) in [5, 5.41) is 5.43. The Kier molecular flexibility index (Phi) is 4.85. The lowest BCUT2D eigenvalue weighted by molar-refractivity contribution is 0.0507. The summed E-state index contributed by atoms with van der Waals surface area (Å²) < 4.78 is 5.25. The summed E-state index contributed by atoms with van der Waals surface area (Å²) in [5.74, 6) is -0.152. The summed E-state index contributed by atoms with van der Waals surface area (Å²) in [7, 11) is 1.53. The lowest BCUT2D eigenvalue weighted by Gasteiger charge is -2.29. The van der Waals surface area contributed by atoms with Gasteiger partial charge in [0.15, 0.2) is 0 Å². The summed E-state index contributed by atoms with van der Waals surface area (Å²) in [5.41, 5.74) is 1.92. The van der Waals surface area contributed by atoms with Crippen molar-refractivity contribution in [3.8, 4) is 5.75 Å². The number of urea groups is 1. The molecule has 1 heterocycles. The Labute approximate surface area is 163 Å². The van der Waals surface area contributed by atoms with E-state index in [2.05, 4.69) is 10.6 Å². The molecule has 0 spiro atoms. The number of nitrogens with one attached hydrogen (secondary N) is 2. The first-order chi connectivity index (χ1) is 13.1. The Bertz CT molecular complexity index is 976. The van der Waals surface area contributed by atoms with Crippen LogP contribution in [0.5, 0.6) is 5.75 Å². The highest BCUT2D eigenvalue weighted by Crippen LogP contribution is 2.31. The molecule has 0 fully saturated rings. The van der Waals surface area contributed by atoms with Crippen molar-refractivity contribution in [2.75, 3.05) is 17.7 Å². The number of hydrogen-bond donors (Lipinski definition) is 2. The predicted octanol–water partition coefficient (Wildman–Crippen LogP) is 4.04. The molecule has 0 saturated heterocycles. The van der Waals surface area contributed by atoms with Gasteiger partial charge in [0.1, 0.15) is 5.75 Å². The molecule has 0 unspecified atom stereocenters. The van der Waals surface area contributed by atoms with Crippen LogP contribution in [-0.4, -0.2) is 35.4 Å². The molecule has 0 saturated carbocycles. The Morgan fingerprint density at radius 3 is 2.29 bits per heavy atom. The van der Waals surface area contributed by atoms with E-state index in [0.29, 0.717) is 22.7 Å². The molecule has 3 rings (SSSR count). The van der Waals surface area contributed by atoms with Gasteiger partial charge in [-0.2, -0.15) is 0 Å². The maximum absolute atomic E-state index is 12.7. The Balaban J connectivity index is 1.80. The fourth-order valence-electron chi connectivity index (χ4n) is 3.13. The molecular weight excluding hydrogens is 358 g/mol. The van der Waals surface area contributed by atoms with Gasteiger partial charge in [-0.1, -0.05) is 6.07 Å². The molecule has 7 nitrogen and oxygen atoms in total. The number of methoxy groups -OCH3 is 1. The number of fused-ring (bicyclic) bond motifs is 1. The van der Waals surface area contributed by atoms with E-state index >= 15 is 0 Å². The normalized spacial score (nSPS) is 13.4. The number of ether oxygens (including phenoxy) is 1. The van der Waals surface area contributed by atoms with Crippen molar-refractivity contribution in [1.82, 2.24) is 4.90 Å². The molecule has 0 radical (unpaired) electrons. The molecule has 0 aromatic heterocycles. The number of amides is 4. The average molecular weight is 381 g/mol. The summed E-state index contributed by atoms with van der Waals surface area (Å²) in [6.45, 7) is 7.32. The molecule has 0 bridgehead atoms. The van der Waals surface area contributed by atoms with Gasteiger partial charge in [0.25, 0.3) is 11.8 Å². The van der Waals surface area contributed by atoms with Crippen LogP contribution in [0.2, 0.25) is 0 Å². The molecule has 0 atom stereocenters. The zero-order valence-corrected chi connectivity index (χ0v) is 16.5. The first kappa shape index (κ1) is 19.4. The quantitative estimate of drug-likeness (QED) is 0.786. The van der Waals surface area contributed by atoms with Crippen LogP contribution in [0.1, 0.15) is 47.1 Å². The van der Waals surface area contributed by atoms with Crippen LogP contribution < -0.4 is 15.4 Å². The SMILES string of the molecule is COc1ccc(C)cc1NC(=O)Nc1ccc2c(c1)C(=O)N(C(C)(C)C)C2=O. The van der Waals surface area contributed by atoms with Gasteiger partial charge in [0, 0.05) is 11.2 Å². The molecular formula is C21H23N3O4. The van der Waals surface area contributed by atoms with E-state index in [1.165, 1.54) is 18.1 Å². The predicted molar refractivity (Wildman–Crippen MR) is 107 cm³/mol. The van der Waals surface area contributed by atoms with Crippen molar-refractivity contribution >= 4 is 29.2 Å². The third-order valence-electron chi connectivity index (χ3n) is 4.42. The number of anilines is 2. The lowest BCUT2D eigenvalue weighted by atomic mass is 10.1. The third-order valence-corrected chi connectivity index (χ3v) is 4.42. The molecule has 7 heteroatoms. The van der Waals surface area contributed by atoms with Crippen molar-refractivity contribution in [1.29, 1.82) is 0 Å². The second-order valence-electron chi connectivity index (χ2n) is 7.66. The van der Waals surface area contributed by atoms with Gasteiger partial charge in [-0.05, 0) is 63.6 Å². The zero-order valence-electron chi connectivity index (χ0n) is 16.5. The number of imide groups is 1. The lowest BCUT2D eigenvalue weighted by Crippen LogP contribution is -2.45. The summed E-state index contributed by atoms with van der Waals surface area (Å²) in [6, 6.07) is 9.65. The van der Waals surface area contributed by atoms with E-state index in [9.17, 15) is 14.4 Å². The Morgan fingerprint density at radius 2 is 1.64 bits per heavy atom. The Hall–Kier alpha value is -3.35. The van der Waals surface area contributed by atoms with Crippen LogP contribution in [0.4, 0.5) is 16.2 Å². The van der Waals surface area contributed by atoms with Crippen LogP contribution in [0, 0.1) is 6.92 Å². The number of hydrogen-bond acceptors (Lipinski definition) is 4. The van der Waals surface area contributed by atoms with Crippen LogP contribution >= 0.6 is 0 Å². The molecule has 1 aliphatic heterocycles. The smallest absolute Gasteiger partial charge is 0.323 e. The molecule has 2 aromatic carbocycles. The maximum Gasteiger partial charge on any atom is 0.323 e. The van der Waals surface area contributed by atoms with E-state index in [1.807, 2.05) is 13.0 Å². The molecule has 2 aromatic rings. The standard InChI is InChI=1S/C21H23N3O4/c1-12-6-9-17(28-5)16(10-12)23-20(27)22-13-7-8-14-15(11-13)19(26)24(18(14)25)21(2,3)4/h6-11H,1-5H3,(H2,22,23,27). The third kappa shape index (κ3) is 3.55. The number of aryl methyl sites for hydroxylation is 1. The van der Waals surface area contributed by atoms with Crippen LogP contribution in [0.25, 0.3) is 0 Å². The second kappa shape index (κ2) is 6.99. The molecule has 4 amide bonds. The zero-order chi connectivity index (χ0) is 20.6. The van der Waals surface area contributed by atoms with Gasteiger partial charge in [-0.25, -0.2) is 4.79 Å². The average Bonchev–Trinajstić information content (AvgIpc) is 2.85. The van der Waals surface area contributed by atoms with Gasteiger partial charge in [-0.15, -0.1) is 0 Å². The largest absolute Gasteiger partial charge is 0.495 e. The van der Waals surface area contributed by atoms with Gasteiger partial charge in [0.05, 0.1) is 23.9 Å². The van der Waals surface area contributed by atoms with Crippen molar-refractivity contribution in [3.63, 3.8) is 0 Å². The van der Waals surface area contributed by atoms with Crippen molar-refractivity contribution < 1.29 is 19.1 Å². The minimum Gasteiger partial charge on any atom is -0.495 e. The van der Waals surface area contributed by atoms with E-state index in [1.54, 1.807) is 45.0 Å². The molecule has 146 valence electrons. The Morgan fingerprint density at radius 1 is 0.964 bits per heavy atom.